The van der Waals surface area contributed by atoms with E-state index in [-0.39, 0.29) is 0 Å². The maximum atomic E-state index is 9.12. The molecule has 4 nitrogen and oxygen atoms in total. The van der Waals surface area contributed by atoms with Crippen LogP contribution in [0.25, 0.3) is 10.4 Å². The van der Waals surface area contributed by atoms with Crippen molar-refractivity contribution in [2.24, 2.45) is 10.5 Å². The van der Waals surface area contributed by atoms with E-state index in [0.717, 1.165) is 25.7 Å². The molecule has 0 aliphatic heterocycles. The second kappa shape index (κ2) is 6.94. The number of nitrogens with zero attached hydrogens (tertiary/aromatic N) is 3. The fourth-order valence-electron chi connectivity index (χ4n) is 4.30. The van der Waals surface area contributed by atoms with Crippen LogP contribution in [-0.2, 0) is 4.43 Å². The molecule has 0 heterocycles. The highest BCUT2D eigenvalue weighted by Crippen LogP contribution is 2.50. The van der Waals surface area contributed by atoms with Gasteiger partial charge in [0.1, 0.15) is 5.72 Å². The Morgan fingerprint density at radius 1 is 0.909 bits per heavy atom. The maximum Gasteiger partial charge on any atom is 0.201 e. The van der Waals surface area contributed by atoms with Gasteiger partial charge in [0.25, 0.3) is 0 Å². The van der Waals surface area contributed by atoms with Crippen molar-refractivity contribution < 1.29 is 4.43 Å². The lowest BCUT2D eigenvalue weighted by Gasteiger charge is -2.50. The number of azide groups is 1. The third-order valence-corrected chi connectivity index (χ3v) is 11.8. The van der Waals surface area contributed by atoms with Crippen LogP contribution in [0.1, 0.15) is 81.1 Å². The first-order valence-electron chi connectivity index (χ1n) is 8.78. The molecule has 5 heteroatoms. The summed E-state index contributed by atoms with van der Waals surface area (Å²) in [7, 11) is -2.04. The Balaban J connectivity index is 3.19. The van der Waals surface area contributed by atoms with Crippen molar-refractivity contribution in [2.75, 3.05) is 0 Å². The minimum Gasteiger partial charge on any atom is -0.404 e. The molecule has 1 fully saturated rings. The van der Waals surface area contributed by atoms with Gasteiger partial charge in [0, 0.05) is 4.91 Å². The second-order valence-electron chi connectivity index (χ2n) is 8.72. The lowest BCUT2D eigenvalue weighted by Crippen LogP contribution is -2.55. The van der Waals surface area contributed by atoms with Gasteiger partial charge in [0.05, 0.1) is 0 Å². The van der Waals surface area contributed by atoms with Crippen molar-refractivity contribution in [1.29, 1.82) is 0 Å². The Morgan fingerprint density at radius 3 is 1.64 bits per heavy atom. The third kappa shape index (κ3) is 3.87. The van der Waals surface area contributed by atoms with Crippen LogP contribution in [0.3, 0.4) is 0 Å². The van der Waals surface area contributed by atoms with E-state index in [1.54, 1.807) is 0 Å². The van der Waals surface area contributed by atoms with Crippen LogP contribution in [-0.4, -0.2) is 14.0 Å². The van der Waals surface area contributed by atoms with Crippen molar-refractivity contribution in [3.8, 4) is 0 Å². The van der Waals surface area contributed by atoms with Crippen molar-refractivity contribution in [3.05, 3.63) is 10.4 Å². The molecular formula is C17H35N3OSi. The van der Waals surface area contributed by atoms with Crippen molar-refractivity contribution in [1.82, 2.24) is 0 Å². The highest BCUT2D eigenvalue weighted by Gasteiger charge is 2.51. The Hall–Kier alpha value is -0.513. The molecule has 0 atom stereocenters. The number of hydrogen-bond acceptors (Lipinski definition) is 2. The summed E-state index contributed by atoms with van der Waals surface area (Å²) >= 11 is 0. The number of rotatable bonds is 6. The van der Waals surface area contributed by atoms with E-state index in [1.807, 2.05) is 0 Å². The summed E-state index contributed by atoms with van der Waals surface area (Å²) in [5.41, 5.74) is 10.4. The molecule has 0 amide bonds. The molecule has 0 aromatic heterocycles. The zero-order valence-corrected chi connectivity index (χ0v) is 16.8. The van der Waals surface area contributed by atoms with E-state index >= 15 is 0 Å². The van der Waals surface area contributed by atoms with Crippen molar-refractivity contribution in [2.45, 2.75) is 103 Å². The maximum absolute atomic E-state index is 9.12. The molecule has 0 bridgehead atoms. The zero-order valence-electron chi connectivity index (χ0n) is 15.8. The molecule has 0 aromatic carbocycles. The predicted octanol–water partition coefficient (Wildman–Crippen LogP) is 6.79. The average molecular weight is 326 g/mol. The summed E-state index contributed by atoms with van der Waals surface area (Å²) in [5.74, 6) is 0. The van der Waals surface area contributed by atoms with Gasteiger partial charge in [0.15, 0.2) is 0 Å². The fraction of sp³-hybridized carbons (Fsp3) is 1.00. The molecule has 128 valence electrons. The van der Waals surface area contributed by atoms with E-state index in [0.29, 0.717) is 22.0 Å². The van der Waals surface area contributed by atoms with E-state index in [2.05, 4.69) is 65.4 Å². The van der Waals surface area contributed by atoms with Crippen LogP contribution in [0.15, 0.2) is 5.11 Å². The van der Waals surface area contributed by atoms with Crippen molar-refractivity contribution >= 4 is 8.32 Å². The highest BCUT2D eigenvalue weighted by atomic mass is 28.4. The minimum atomic E-state index is -2.04. The molecule has 1 saturated carbocycles. The quantitative estimate of drug-likeness (QED) is 0.229. The highest BCUT2D eigenvalue weighted by molar-refractivity contribution is 6.77. The van der Waals surface area contributed by atoms with Gasteiger partial charge in [-0.05, 0) is 53.3 Å². The molecule has 1 aliphatic carbocycles. The van der Waals surface area contributed by atoms with Gasteiger partial charge < -0.3 is 4.43 Å². The van der Waals surface area contributed by atoms with Crippen LogP contribution in [0.2, 0.25) is 16.6 Å². The van der Waals surface area contributed by atoms with Crippen LogP contribution in [0, 0.1) is 5.41 Å². The van der Waals surface area contributed by atoms with Gasteiger partial charge in [0.2, 0.25) is 8.32 Å². The molecule has 0 aromatic rings. The normalized spacial score (nSPS) is 21.2. The minimum absolute atomic E-state index is 0.329. The molecule has 22 heavy (non-hydrogen) atoms. The summed E-state index contributed by atoms with van der Waals surface area (Å²) in [6.07, 6.45) is 3.82. The topological polar surface area (TPSA) is 58.0 Å². The average Bonchev–Trinajstić information content (AvgIpc) is 2.38. The standard InChI is InChI=1S/C17H35N3OSi/c1-13(2)22(14(3)4,15(5)6)21-17(19-20-18)11-9-16(7,8)10-12-17/h13-15H,9-12H2,1-8H3. The van der Waals surface area contributed by atoms with E-state index in [9.17, 15) is 0 Å². The predicted molar refractivity (Wildman–Crippen MR) is 96.3 cm³/mol. The Labute approximate surface area is 137 Å². The summed E-state index contributed by atoms with van der Waals surface area (Å²) in [6, 6.07) is 0. The van der Waals surface area contributed by atoms with E-state index < -0.39 is 14.0 Å². The molecule has 1 aliphatic rings. The van der Waals surface area contributed by atoms with Crippen LogP contribution in [0.4, 0.5) is 0 Å². The Morgan fingerprint density at radius 2 is 1.32 bits per heavy atom. The van der Waals surface area contributed by atoms with Gasteiger partial charge in [-0.15, -0.1) is 0 Å². The van der Waals surface area contributed by atoms with Crippen LogP contribution < -0.4 is 0 Å². The Bertz CT molecular complexity index is 394. The van der Waals surface area contributed by atoms with Crippen LogP contribution >= 0.6 is 0 Å². The summed E-state index contributed by atoms with van der Waals surface area (Å²) < 4.78 is 6.90. The second-order valence-corrected chi connectivity index (χ2v) is 14.1. The van der Waals surface area contributed by atoms with Gasteiger partial charge in [-0.25, -0.2) is 0 Å². The van der Waals surface area contributed by atoms with Crippen LogP contribution in [0.5, 0.6) is 0 Å². The lowest BCUT2D eigenvalue weighted by molar-refractivity contribution is -0.0117. The van der Waals surface area contributed by atoms with Gasteiger partial charge in [-0.1, -0.05) is 60.5 Å². The number of hydrogen-bond donors (Lipinski definition) is 0. The molecule has 1 rings (SSSR count). The first-order valence-corrected chi connectivity index (χ1v) is 10.9. The fourth-order valence-corrected chi connectivity index (χ4v) is 9.91. The summed E-state index contributed by atoms with van der Waals surface area (Å²) in [5, 5.41) is 4.21. The third-order valence-electron chi connectivity index (χ3n) is 5.69. The van der Waals surface area contributed by atoms with Crippen molar-refractivity contribution in [3.63, 3.8) is 0 Å². The first-order chi connectivity index (χ1) is 10.0. The monoisotopic (exact) mass is 325 g/mol. The van der Waals surface area contributed by atoms with Gasteiger partial charge in [-0.3, -0.25) is 0 Å². The smallest absolute Gasteiger partial charge is 0.201 e. The lowest BCUT2D eigenvalue weighted by atomic mass is 9.74. The molecule has 0 saturated heterocycles. The van der Waals surface area contributed by atoms with Gasteiger partial charge >= 0.3 is 0 Å². The van der Waals surface area contributed by atoms with E-state index in [1.165, 1.54) is 0 Å². The Kier molecular flexibility index (Phi) is 6.16. The molecule has 0 unspecified atom stereocenters. The molecule has 0 spiro atoms. The largest absolute Gasteiger partial charge is 0.404 e. The van der Waals surface area contributed by atoms with E-state index in [4.69, 9.17) is 9.96 Å². The SMILES string of the molecule is CC(C)[Si](OC1(N=[N+]=[N-])CCC(C)(C)CC1)(C(C)C)C(C)C. The molecule has 0 radical (unpaired) electrons. The first kappa shape index (κ1) is 19.5. The zero-order chi connectivity index (χ0) is 17.2. The summed E-state index contributed by atoms with van der Waals surface area (Å²) in [4.78, 5) is 3.16. The molecule has 0 N–H and O–H groups in total. The summed E-state index contributed by atoms with van der Waals surface area (Å²) in [6.45, 7) is 18.3. The molecular weight excluding hydrogens is 290 g/mol. The van der Waals surface area contributed by atoms with Gasteiger partial charge in [-0.2, -0.15) is 0 Å².